The molecule has 1 nitrogen and oxygen atoms in total. The topological polar surface area (TPSA) is 23.8 Å². The van der Waals surface area contributed by atoms with Crippen molar-refractivity contribution >= 4 is 11.6 Å². The van der Waals surface area contributed by atoms with E-state index in [1.807, 2.05) is 0 Å². The number of allylic oxidation sites excluding steroid dienone is 2. The molecule has 92 valence electrons. The highest BCUT2D eigenvalue weighted by Crippen LogP contribution is 2.71. The van der Waals surface area contributed by atoms with E-state index < -0.39 is 0 Å². The Morgan fingerprint density at radius 3 is 2.24 bits per heavy atom. The van der Waals surface area contributed by atoms with Crippen molar-refractivity contribution in [2.24, 2.45) is 22.2 Å². The lowest BCUT2D eigenvalue weighted by Crippen LogP contribution is -2.55. The molecule has 4 saturated carbocycles. The lowest BCUT2D eigenvalue weighted by atomic mass is 9.40. The Morgan fingerprint density at radius 1 is 1.18 bits per heavy atom. The van der Waals surface area contributed by atoms with E-state index in [9.17, 15) is 0 Å². The minimum atomic E-state index is 0.139. The fourth-order valence-corrected chi connectivity index (χ4v) is 6.18. The van der Waals surface area contributed by atoms with Crippen LogP contribution in [0.3, 0.4) is 0 Å². The maximum Gasteiger partial charge on any atom is 0.0924 e. The molecule has 4 fully saturated rings. The van der Waals surface area contributed by atoms with Crippen molar-refractivity contribution in [2.45, 2.75) is 52.4 Å². The average molecular weight is 250 g/mol. The lowest BCUT2D eigenvalue weighted by Gasteiger charge is -2.65. The van der Waals surface area contributed by atoms with Crippen LogP contribution >= 0.6 is 11.6 Å². The number of nitrogens with zero attached hydrogens (tertiary/aromatic N) is 1. The third kappa shape index (κ3) is 1.65. The molecule has 2 atom stereocenters. The molecular formula is C15H20ClN. The molecule has 0 N–H and O–H groups in total. The molecule has 2 unspecified atom stereocenters. The van der Waals surface area contributed by atoms with Gasteiger partial charge in [0, 0.05) is 16.5 Å². The molecule has 0 amide bonds. The molecule has 0 aromatic heterocycles. The Morgan fingerprint density at radius 2 is 1.76 bits per heavy atom. The normalized spacial score (nSPS) is 52.6. The van der Waals surface area contributed by atoms with Gasteiger partial charge in [-0.1, -0.05) is 25.4 Å². The summed E-state index contributed by atoms with van der Waals surface area (Å²) in [5.41, 5.74) is 1.08. The maximum atomic E-state index is 8.86. The Kier molecular flexibility index (Phi) is 2.25. The van der Waals surface area contributed by atoms with Gasteiger partial charge in [0.05, 0.1) is 6.07 Å². The smallest absolute Gasteiger partial charge is 0.0924 e. The van der Waals surface area contributed by atoms with Crippen molar-refractivity contribution in [1.29, 1.82) is 5.26 Å². The van der Waals surface area contributed by atoms with E-state index >= 15 is 0 Å². The number of rotatable bonds is 1. The van der Waals surface area contributed by atoms with Gasteiger partial charge in [-0.25, -0.2) is 0 Å². The minimum absolute atomic E-state index is 0.139. The molecule has 0 radical (unpaired) electrons. The van der Waals surface area contributed by atoms with Crippen LogP contribution in [-0.2, 0) is 0 Å². The fraction of sp³-hybridized carbons (Fsp3) is 0.800. The third-order valence-corrected chi connectivity index (χ3v) is 5.83. The first-order chi connectivity index (χ1) is 7.89. The van der Waals surface area contributed by atoms with Crippen molar-refractivity contribution in [3.63, 3.8) is 0 Å². The largest absolute Gasteiger partial charge is 0.193 e. The molecular weight excluding hydrogens is 230 g/mol. The first kappa shape index (κ1) is 11.6. The molecule has 0 saturated heterocycles. The van der Waals surface area contributed by atoms with Crippen LogP contribution in [-0.4, -0.2) is 0 Å². The van der Waals surface area contributed by atoms with Crippen LogP contribution in [0.15, 0.2) is 11.1 Å². The predicted octanol–water partition coefficient (Wildman–Crippen LogP) is 4.63. The predicted molar refractivity (Wildman–Crippen MR) is 69.4 cm³/mol. The summed E-state index contributed by atoms with van der Waals surface area (Å²) in [5.74, 6) is 0.835. The van der Waals surface area contributed by atoms with Gasteiger partial charge in [-0.15, -0.1) is 0 Å². The van der Waals surface area contributed by atoms with Gasteiger partial charge in [0.15, 0.2) is 0 Å². The lowest BCUT2D eigenvalue weighted by molar-refractivity contribution is -0.126. The van der Waals surface area contributed by atoms with Gasteiger partial charge in [-0.05, 0) is 55.3 Å². The van der Waals surface area contributed by atoms with Crippen LogP contribution in [0.25, 0.3) is 0 Å². The minimum Gasteiger partial charge on any atom is -0.193 e. The molecule has 2 heteroatoms. The number of halogens is 1. The summed E-state index contributed by atoms with van der Waals surface area (Å²) in [6.45, 7) is 4.86. The van der Waals surface area contributed by atoms with Crippen molar-refractivity contribution in [3.05, 3.63) is 11.1 Å². The zero-order chi connectivity index (χ0) is 12.3. The van der Waals surface area contributed by atoms with Crippen LogP contribution in [0.1, 0.15) is 52.4 Å². The molecule has 17 heavy (non-hydrogen) atoms. The Labute approximate surface area is 109 Å². The van der Waals surface area contributed by atoms with Crippen molar-refractivity contribution < 1.29 is 0 Å². The molecule has 0 aromatic carbocycles. The van der Waals surface area contributed by atoms with E-state index in [-0.39, 0.29) is 5.41 Å². The summed E-state index contributed by atoms with van der Waals surface area (Å²) in [6.07, 6.45) is 9.31. The zero-order valence-corrected chi connectivity index (χ0v) is 11.5. The van der Waals surface area contributed by atoms with Crippen LogP contribution in [0, 0.1) is 33.5 Å². The van der Waals surface area contributed by atoms with E-state index in [2.05, 4.69) is 19.9 Å². The molecule has 4 rings (SSSR count). The molecule has 4 aliphatic rings. The van der Waals surface area contributed by atoms with E-state index in [0.29, 0.717) is 10.8 Å². The first-order valence-corrected chi connectivity index (χ1v) is 7.02. The van der Waals surface area contributed by atoms with Crippen LogP contribution in [0.2, 0.25) is 0 Å². The summed E-state index contributed by atoms with van der Waals surface area (Å²) in [7, 11) is 0. The summed E-state index contributed by atoms with van der Waals surface area (Å²) in [6, 6.07) is 2.12. The van der Waals surface area contributed by atoms with E-state index in [0.717, 1.165) is 11.0 Å². The summed E-state index contributed by atoms with van der Waals surface area (Å²) >= 11 is 6.46. The number of hydrogen-bond acceptors (Lipinski definition) is 1. The summed E-state index contributed by atoms with van der Waals surface area (Å²) in [4.78, 5) is 0. The van der Waals surface area contributed by atoms with Gasteiger partial charge in [-0.3, -0.25) is 0 Å². The second kappa shape index (κ2) is 3.29. The number of nitriles is 1. The highest BCUT2D eigenvalue weighted by Gasteiger charge is 2.60. The van der Waals surface area contributed by atoms with E-state index in [1.54, 1.807) is 6.08 Å². The second-order valence-corrected chi connectivity index (χ2v) is 7.94. The van der Waals surface area contributed by atoms with E-state index in [4.69, 9.17) is 16.9 Å². The zero-order valence-electron chi connectivity index (χ0n) is 10.7. The van der Waals surface area contributed by atoms with Crippen molar-refractivity contribution in [1.82, 2.24) is 0 Å². The summed E-state index contributed by atoms with van der Waals surface area (Å²) < 4.78 is 0. The van der Waals surface area contributed by atoms with Gasteiger partial charge in [-0.2, -0.15) is 5.26 Å². The van der Waals surface area contributed by atoms with Crippen molar-refractivity contribution in [3.8, 4) is 6.07 Å². The van der Waals surface area contributed by atoms with Crippen molar-refractivity contribution in [2.75, 3.05) is 0 Å². The fourth-order valence-electron chi connectivity index (χ4n) is 5.92. The second-order valence-electron chi connectivity index (χ2n) is 7.53. The third-order valence-electron chi connectivity index (χ3n) is 5.32. The molecule has 4 bridgehead atoms. The highest BCUT2D eigenvalue weighted by atomic mass is 35.5. The highest BCUT2D eigenvalue weighted by molar-refractivity contribution is 6.30. The van der Waals surface area contributed by atoms with Crippen LogP contribution in [0.4, 0.5) is 0 Å². The Balaban J connectivity index is 2.04. The van der Waals surface area contributed by atoms with E-state index in [1.165, 1.54) is 38.5 Å². The molecule has 0 heterocycles. The molecule has 0 aliphatic heterocycles. The molecule has 4 aliphatic carbocycles. The Bertz CT molecular complexity index is 413. The van der Waals surface area contributed by atoms with Gasteiger partial charge < -0.3 is 0 Å². The monoisotopic (exact) mass is 249 g/mol. The first-order valence-electron chi connectivity index (χ1n) is 6.65. The molecule has 0 spiro atoms. The maximum absolute atomic E-state index is 8.86. The summed E-state index contributed by atoms with van der Waals surface area (Å²) in [5, 5.41) is 9.69. The quantitative estimate of drug-likeness (QED) is 0.622. The Hall–Kier alpha value is -0.480. The number of hydrogen-bond donors (Lipinski definition) is 0. The van der Waals surface area contributed by atoms with Gasteiger partial charge in [0.25, 0.3) is 0 Å². The molecule has 0 aromatic rings. The van der Waals surface area contributed by atoms with Gasteiger partial charge in [0.1, 0.15) is 0 Å². The van der Waals surface area contributed by atoms with Crippen LogP contribution < -0.4 is 0 Å². The standard InChI is InChI=1S/C15H20ClN/c1-13-5-11-6-14(2,8-13)10-15(7-11,9-13)12(16)3-4-17/h3,11H,5-10H2,1-2H3. The van der Waals surface area contributed by atoms with Gasteiger partial charge in [0.2, 0.25) is 0 Å². The SMILES string of the molecule is CC12CC3CC(C)(C1)CC(C(Cl)=CC#N)(C3)C2. The van der Waals surface area contributed by atoms with Gasteiger partial charge >= 0.3 is 0 Å². The van der Waals surface area contributed by atoms with Crippen LogP contribution in [0.5, 0.6) is 0 Å². The average Bonchev–Trinajstić information content (AvgIpc) is 2.11.